The lowest BCUT2D eigenvalue weighted by atomic mass is 10.1. The van der Waals surface area contributed by atoms with Crippen molar-refractivity contribution in [1.82, 2.24) is 5.32 Å². The second-order valence-electron chi connectivity index (χ2n) is 4.82. The molecule has 1 atom stereocenters. The Bertz CT molecular complexity index is 552. The van der Waals surface area contributed by atoms with E-state index in [-0.39, 0.29) is 17.4 Å². The fraction of sp³-hybridized carbons (Fsp3) is 0.462. The van der Waals surface area contributed by atoms with Crippen molar-refractivity contribution < 1.29 is 13.2 Å². The maximum absolute atomic E-state index is 11.9. The highest BCUT2D eigenvalue weighted by atomic mass is 32.2. The van der Waals surface area contributed by atoms with E-state index in [1.54, 1.807) is 0 Å². The summed E-state index contributed by atoms with van der Waals surface area (Å²) in [6.07, 6.45) is 0.423. The number of hydrogen-bond acceptors (Lipinski definition) is 4. The second kappa shape index (κ2) is 5.71. The quantitative estimate of drug-likeness (QED) is 0.855. The fourth-order valence-electron chi connectivity index (χ4n) is 2.16. The van der Waals surface area contributed by atoms with Gasteiger partial charge in [0.25, 0.3) is 0 Å². The summed E-state index contributed by atoms with van der Waals surface area (Å²) < 4.78 is 22.7. The molecule has 0 bridgehead atoms. The first-order valence-electron chi connectivity index (χ1n) is 6.25. The maximum atomic E-state index is 11.9. The van der Waals surface area contributed by atoms with Gasteiger partial charge in [0.1, 0.15) is 0 Å². The number of carbonyl (C=O) groups is 1. The highest BCUT2D eigenvalue weighted by Gasteiger charge is 2.32. The Hall–Kier alpha value is -1.40. The second-order valence-corrected chi connectivity index (χ2v) is 7.05. The van der Waals surface area contributed by atoms with Gasteiger partial charge in [-0.25, -0.2) is 8.42 Å². The highest BCUT2D eigenvalue weighted by Crippen LogP contribution is 2.20. The molecule has 1 saturated heterocycles. The fourth-order valence-corrected chi connectivity index (χ4v) is 3.90. The lowest BCUT2D eigenvalue weighted by Crippen LogP contribution is -2.23. The predicted molar refractivity (Wildman–Crippen MR) is 74.6 cm³/mol. The Kier molecular flexibility index (Phi) is 4.21. The lowest BCUT2D eigenvalue weighted by Gasteiger charge is -2.10. The third kappa shape index (κ3) is 3.78. The van der Waals surface area contributed by atoms with Gasteiger partial charge in [-0.05, 0) is 31.2 Å². The van der Waals surface area contributed by atoms with Gasteiger partial charge < -0.3 is 10.6 Å². The van der Waals surface area contributed by atoms with Crippen LogP contribution in [0, 0.1) is 5.92 Å². The Balaban J connectivity index is 1.95. The average Bonchev–Trinajstić information content (AvgIpc) is 2.73. The third-order valence-electron chi connectivity index (χ3n) is 3.21. The lowest BCUT2D eigenvalue weighted by molar-refractivity contribution is -0.119. The molecule has 0 radical (unpaired) electrons. The molecule has 1 aliphatic heterocycles. The third-order valence-corrected chi connectivity index (χ3v) is 4.97. The molecule has 1 aromatic carbocycles. The molecule has 6 heteroatoms. The summed E-state index contributed by atoms with van der Waals surface area (Å²) in [5.74, 6) is -0.535. The van der Waals surface area contributed by atoms with Crippen molar-refractivity contribution >= 4 is 21.4 Å². The van der Waals surface area contributed by atoms with Crippen LogP contribution in [0.25, 0.3) is 0 Å². The van der Waals surface area contributed by atoms with Crippen molar-refractivity contribution in [3.8, 4) is 0 Å². The topological polar surface area (TPSA) is 75.3 Å². The van der Waals surface area contributed by atoms with Crippen LogP contribution < -0.4 is 10.6 Å². The van der Waals surface area contributed by atoms with Crippen molar-refractivity contribution in [1.29, 1.82) is 0 Å². The van der Waals surface area contributed by atoms with Crippen LogP contribution in [0.2, 0.25) is 0 Å². The number of hydrogen-bond donors (Lipinski definition) is 2. The molecule has 1 fully saturated rings. The van der Waals surface area contributed by atoms with Gasteiger partial charge in [0.05, 0.1) is 17.4 Å². The molecule has 0 saturated carbocycles. The zero-order valence-corrected chi connectivity index (χ0v) is 11.7. The molecule has 104 valence electrons. The Morgan fingerprint density at radius 1 is 1.32 bits per heavy atom. The molecule has 1 aliphatic rings. The minimum Gasteiger partial charge on any atom is -0.326 e. The van der Waals surface area contributed by atoms with Crippen LogP contribution in [0.4, 0.5) is 5.69 Å². The van der Waals surface area contributed by atoms with Gasteiger partial charge in [-0.1, -0.05) is 12.1 Å². The smallest absolute Gasteiger partial charge is 0.228 e. The molecule has 1 heterocycles. The molecular formula is C13H18N2O3S. The number of sulfone groups is 1. The average molecular weight is 282 g/mol. The summed E-state index contributed by atoms with van der Waals surface area (Å²) in [5, 5.41) is 5.81. The molecule has 1 amide bonds. The zero-order valence-electron chi connectivity index (χ0n) is 10.8. The van der Waals surface area contributed by atoms with E-state index in [0.717, 1.165) is 12.1 Å². The molecule has 1 aromatic rings. The maximum Gasteiger partial charge on any atom is 0.228 e. The van der Waals surface area contributed by atoms with Crippen molar-refractivity contribution in [2.24, 2.45) is 5.92 Å². The number of carbonyl (C=O) groups excluding carboxylic acids is 1. The summed E-state index contributed by atoms with van der Waals surface area (Å²) in [7, 11) is -1.14. The van der Waals surface area contributed by atoms with Gasteiger partial charge in [0.2, 0.25) is 5.91 Å². The Morgan fingerprint density at radius 2 is 2.00 bits per heavy atom. The molecule has 0 aromatic heterocycles. The minimum absolute atomic E-state index is 0.0311. The van der Waals surface area contributed by atoms with Crippen molar-refractivity contribution in [3.05, 3.63) is 29.8 Å². The Labute approximate surface area is 113 Å². The van der Waals surface area contributed by atoms with Crippen molar-refractivity contribution in [2.75, 3.05) is 23.9 Å². The van der Waals surface area contributed by atoms with Crippen LogP contribution >= 0.6 is 0 Å². The highest BCUT2D eigenvalue weighted by molar-refractivity contribution is 7.91. The number of nitrogens with one attached hydrogen (secondary N) is 2. The molecular weight excluding hydrogens is 264 g/mol. The molecule has 2 rings (SSSR count). The van der Waals surface area contributed by atoms with E-state index in [1.165, 1.54) is 0 Å². The first kappa shape index (κ1) is 14.0. The number of amides is 1. The van der Waals surface area contributed by atoms with Crippen LogP contribution in [0.5, 0.6) is 0 Å². The number of rotatable bonds is 4. The van der Waals surface area contributed by atoms with Crippen LogP contribution in [0.1, 0.15) is 12.0 Å². The summed E-state index contributed by atoms with van der Waals surface area (Å²) >= 11 is 0. The molecule has 19 heavy (non-hydrogen) atoms. The minimum atomic E-state index is -3.02. The van der Waals surface area contributed by atoms with Gasteiger partial charge in [0.15, 0.2) is 9.84 Å². The van der Waals surface area contributed by atoms with Gasteiger partial charge in [-0.15, -0.1) is 0 Å². The summed E-state index contributed by atoms with van der Waals surface area (Å²) in [6.45, 7) is 0.773. The summed E-state index contributed by atoms with van der Waals surface area (Å²) in [5.41, 5.74) is 1.83. The van der Waals surface area contributed by atoms with Gasteiger partial charge in [-0.2, -0.15) is 0 Å². The largest absolute Gasteiger partial charge is 0.326 e. The number of benzene rings is 1. The van der Waals surface area contributed by atoms with E-state index in [9.17, 15) is 13.2 Å². The molecule has 0 aliphatic carbocycles. The predicted octanol–water partition coefficient (Wildman–Crippen LogP) is 0.779. The molecule has 0 spiro atoms. The SMILES string of the molecule is CNCc1ccc(NC(=O)C2CCS(=O)(=O)C2)cc1. The van der Waals surface area contributed by atoms with Crippen LogP contribution in [0.3, 0.4) is 0 Å². The van der Waals surface area contributed by atoms with E-state index in [2.05, 4.69) is 10.6 Å². The normalized spacial score (nSPS) is 21.2. The first-order chi connectivity index (χ1) is 9.00. The van der Waals surface area contributed by atoms with Crippen molar-refractivity contribution in [2.45, 2.75) is 13.0 Å². The van der Waals surface area contributed by atoms with Crippen molar-refractivity contribution in [3.63, 3.8) is 0 Å². The Morgan fingerprint density at radius 3 is 2.53 bits per heavy atom. The van der Waals surface area contributed by atoms with Gasteiger partial charge in [0, 0.05) is 12.2 Å². The van der Waals surface area contributed by atoms with Crippen LogP contribution in [-0.4, -0.2) is 32.9 Å². The van der Waals surface area contributed by atoms with E-state index >= 15 is 0 Å². The molecule has 5 nitrogen and oxygen atoms in total. The zero-order chi connectivity index (χ0) is 13.9. The monoisotopic (exact) mass is 282 g/mol. The summed E-state index contributed by atoms with van der Waals surface area (Å²) in [6, 6.07) is 7.51. The standard InChI is InChI=1S/C13H18N2O3S/c1-14-8-10-2-4-12(5-3-10)15-13(16)11-6-7-19(17,18)9-11/h2-5,11,14H,6-9H2,1H3,(H,15,16). The molecule has 2 N–H and O–H groups in total. The van der Waals surface area contributed by atoms with E-state index in [4.69, 9.17) is 0 Å². The van der Waals surface area contributed by atoms with E-state index in [0.29, 0.717) is 12.1 Å². The van der Waals surface area contributed by atoms with Crippen LogP contribution in [-0.2, 0) is 21.2 Å². The van der Waals surface area contributed by atoms with Crippen LogP contribution in [0.15, 0.2) is 24.3 Å². The van der Waals surface area contributed by atoms with E-state index < -0.39 is 15.8 Å². The van der Waals surface area contributed by atoms with Gasteiger partial charge >= 0.3 is 0 Å². The summed E-state index contributed by atoms with van der Waals surface area (Å²) in [4.78, 5) is 11.9. The molecule has 1 unspecified atom stereocenters. The van der Waals surface area contributed by atoms with Gasteiger partial charge in [-0.3, -0.25) is 4.79 Å². The number of anilines is 1. The first-order valence-corrected chi connectivity index (χ1v) is 8.07. The van der Waals surface area contributed by atoms with E-state index in [1.807, 2.05) is 31.3 Å².